The molecular formula is C16H29N3O2. The molecule has 1 aromatic heterocycles. The van der Waals surface area contributed by atoms with Crippen molar-refractivity contribution in [3.63, 3.8) is 0 Å². The molecule has 120 valence electrons. The van der Waals surface area contributed by atoms with Crippen LogP contribution in [0.4, 0.5) is 0 Å². The third-order valence-corrected chi connectivity index (χ3v) is 3.46. The number of esters is 1. The lowest BCUT2D eigenvalue weighted by Gasteiger charge is -2.24. The number of hydrogen-bond acceptors (Lipinski definition) is 4. The number of rotatable bonds is 6. The standard InChI is InChI=1S/C16H29N3O2/c1-8-11(3)17-13(15(20)21-9-2)12-10-19(7)18-14(12)16(4,5)6/h10-11,13,17H,8-9H2,1-7H3. The number of aromatic nitrogens is 2. The molecule has 2 unspecified atom stereocenters. The van der Waals surface area contributed by atoms with E-state index in [-0.39, 0.29) is 17.4 Å². The number of ether oxygens (including phenoxy) is 1. The minimum Gasteiger partial charge on any atom is -0.465 e. The summed E-state index contributed by atoms with van der Waals surface area (Å²) in [5.74, 6) is -0.240. The van der Waals surface area contributed by atoms with E-state index in [4.69, 9.17) is 4.74 Å². The van der Waals surface area contributed by atoms with E-state index in [1.807, 2.05) is 20.2 Å². The van der Waals surface area contributed by atoms with E-state index in [1.54, 1.807) is 4.68 Å². The molecule has 1 aromatic rings. The molecule has 0 saturated carbocycles. The maximum atomic E-state index is 12.4. The summed E-state index contributed by atoms with van der Waals surface area (Å²) in [6.45, 7) is 12.7. The number of aryl methyl sites for hydroxylation is 1. The zero-order valence-electron chi connectivity index (χ0n) is 14.4. The van der Waals surface area contributed by atoms with Crippen molar-refractivity contribution in [2.24, 2.45) is 7.05 Å². The molecule has 0 aliphatic carbocycles. The Morgan fingerprint density at radius 2 is 2.05 bits per heavy atom. The number of hydrogen-bond donors (Lipinski definition) is 1. The average molecular weight is 295 g/mol. The first kappa shape index (κ1) is 17.7. The first-order valence-electron chi connectivity index (χ1n) is 7.67. The summed E-state index contributed by atoms with van der Waals surface area (Å²) < 4.78 is 7.01. The summed E-state index contributed by atoms with van der Waals surface area (Å²) in [7, 11) is 1.88. The lowest BCUT2D eigenvalue weighted by Crippen LogP contribution is -2.37. The van der Waals surface area contributed by atoms with Gasteiger partial charge in [-0.2, -0.15) is 5.10 Å². The minimum atomic E-state index is -0.470. The van der Waals surface area contributed by atoms with E-state index < -0.39 is 6.04 Å². The summed E-state index contributed by atoms with van der Waals surface area (Å²) in [5, 5.41) is 7.91. The summed E-state index contributed by atoms with van der Waals surface area (Å²) >= 11 is 0. The van der Waals surface area contributed by atoms with Gasteiger partial charge in [-0.1, -0.05) is 27.7 Å². The third-order valence-electron chi connectivity index (χ3n) is 3.46. The highest BCUT2D eigenvalue weighted by Gasteiger charge is 2.32. The first-order valence-corrected chi connectivity index (χ1v) is 7.67. The summed E-state index contributed by atoms with van der Waals surface area (Å²) in [6, 6.07) is -0.241. The Bertz CT molecular complexity index is 474. The second-order valence-electron chi connectivity index (χ2n) is 6.52. The van der Waals surface area contributed by atoms with Crippen LogP contribution in [-0.2, 0) is 22.0 Å². The highest BCUT2D eigenvalue weighted by atomic mass is 16.5. The van der Waals surface area contributed by atoms with Crippen LogP contribution in [0.5, 0.6) is 0 Å². The largest absolute Gasteiger partial charge is 0.465 e. The van der Waals surface area contributed by atoms with Crippen LogP contribution in [0.1, 0.15) is 65.3 Å². The molecule has 5 nitrogen and oxygen atoms in total. The van der Waals surface area contributed by atoms with Gasteiger partial charge in [0, 0.05) is 30.3 Å². The van der Waals surface area contributed by atoms with Crippen LogP contribution in [0.25, 0.3) is 0 Å². The van der Waals surface area contributed by atoms with Gasteiger partial charge in [-0.3, -0.25) is 10.00 Å². The SMILES string of the molecule is CCOC(=O)C(NC(C)CC)c1cn(C)nc1C(C)(C)C. The molecule has 1 heterocycles. The predicted octanol–water partition coefficient (Wildman–Crippen LogP) is 2.71. The van der Waals surface area contributed by atoms with Crippen molar-refractivity contribution < 1.29 is 9.53 Å². The molecule has 0 aromatic carbocycles. The van der Waals surface area contributed by atoms with Gasteiger partial charge >= 0.3 is 5.97 Å². The predicted molar refractivity (Wildman–Crippen MR) is 84.2 cm³/mol. The van der Waals surface area contributed by atoms with Gasteiger partial charge in [0.2, 0.25) is 0 Å². The Morgan fingerprint density at radius 1 is 1.43 bits per heavy atom. The van der Waals surface area contributed by atoms with E-state index in [0.29, 0.717) is 6.61 Å². The minimum absolute atomic E-state index is 0.127. The van der Waals surface area contributed by atoms with Crippen molar-refractivity contribution >= 4 is 5.97 Å². The van der Waals surface area contributed by atoms with Crippen molar-refractivity contribution in [2.75, 3.05) is 6.61 Å². The molecule has 1 rings (SSSR count). The molecule has 0 fully saturated rings. The molecule has 0 aliphatic heterocycles. The van der Waals surface area contributed by atoms with Crippen molar-refractivity contribution in [3.8, 4) is 0 Å². The fraction of sp³-hybridized carbons (Fsp3) is 0.750. The summed E-state index contributed by atoms with van der Waals surface area (Å²) in [5.41, 5.74) is 1.71. The van der Waals surface area contributed by atoms with E-state index in [0.717, 1.165) is 17.7 Å². The zero-order valence-corrected chi connectivity index (χ0v) is 14.4. The van der Waals surface area contributed by atoms with E-state index in [2.05, 4.69) is 45.0 Å². The summed E-state index contributed by atoms with van der Waals surface area (Å²) in [6.07, 6.45) is 2.86. The molecule has 0 spiro atoms. The van der Waals surface area contributed by atoms with E-state index >= 15 is 0 Å². The van der Waals surface area contributed by atoms with Gasteiger partial charge in [0.25, 0.3) is 0 Å². The topological polar surface area (TPSA) is 56.1 Å². The van der Waals surface area contributed by atoms with Gasteiger partial charge in [0.1, 0.15) is 6.04 Å². The van der Waals surface area contributed by atoms with Gasteiger partial charge in [-0.15, -0.1) is 0 Å². The van der Waals surface area contributed by atoms with E-state index in [1.165, 1.54) is 0 Å². The second kappa shape index (κ2) is 7.07. The lowest BCUT2D eigenvalue weighted by atomic mass is 9.87. The van der Waals surface area contributed by atoms with E-state index in [9.17, 15) is 4.79 Å². The Labute approximate surface area is 128 Å². The molecule has 0 amide bonds. The number of nitrogens with one attached hydrogen (secondary N) is 1. The van der Waals surface area contributed by atoms with Crippen molar-refractivity contribution in [1.29, 1.82) is 0 Å². The van der Waals surface area contributed by atoms with Crippen LogP contribution in [0, 0.1) is 0 Å². The van der Waals surface area contributed by atoms with Crippen molar-refractivity contribution in [3.05, 3.63) is 17.5 Å². The highest BCUT2D eigenvalue weighted by Crippen LogP contribution is 2.29. The quantitative estimate of drug-likeness (QED) is 0.820. The summed E-state index contributed by atoms with van der Waals surface area (Å²) in [4.78, 5) is 12.4. The highest BCUT2D eigenvalue weighted by molar-refractivity contribution is 5.78. The second-order valence-corrected chi connectivity index (χ2v) is 6.52. The van der Waals surface area contributed by atoms with Gasteiger partial charge in [0.05, 0.1) is 12.3 Å². The van der Waals surface area contributed by atoms with Gasteiger partial charge in [0.15, 0.2) is 0 Å². The Kier molecular flexibility index (Phi) is 5.96. The molecule has 0 aliphatic rings. The van der Waals surface area contributed by atoms with Crippen LogP contribution < -0.4 is 5.32 Å². The van der Waals surface area contributed by atoms with Crippen molar-refractivity contribution in [2.45, 2.75) is 65.5 Å². The van der Waals surface area contributed by atoms with Gasteiger partial charge < -0.3 is 4.74 Å². The maximum absolute atomic E-state index is 12.4. The van der Waals surface area contributed by atoms with Gasteiger partial charge in [-0.05, 0) is 20.3 Å². The smallest absolute Gasteiger partial charge is 0.327 e. The Balaban J connectivity index is 3.22. The third kappa shape index (κ3) is 4.56. The molecule has 0 radical (unpaired) electrons. The molecule has 5 heteroatoms. The fourth-order valence-electron chi connectivity index (χ4n) is 2.21. The fourth-order valence-corrected chi connectivity index (χ4v) is 2.21. The van der Waals surface area contributed by atoms with Crippen LogP contribution in [-0.4, -0.2) is 28.4 Å². The molecule has 0 bridgehead atoms. The monoisotopic (exact) mass is 295 g/mol. The van der Waals surface area contributed by atoms with Crippen LogP contribution in [0.3, 0.4) is 0 Å². The number of carbonyl (C=O) groups is 1. The number of carbonyl (C=O) groups excluding carboxylic acids is 1. The Morgan fingerprint density at radius 3 is 2.52 bits per heavy atom. The molecule has 2 atom stereocenters. The molecular weight excluding hydrogens is 266 g/mol. The van der Waals surface area contributed by atoms with Crippen LogP contribution >= 0.6 is 0 Å². The Hall–Kier alpha value is -1.36. The van der Waals surface area contributed by atoms with Crippen molar-refractivity contribution in [1.82, 2.24) is 15.1 Å². The zero-order chi connectivity index (χ0) is 16.2. The van der Waals surface area contributed by atoms with Crippen LogP contribution in [0.15, 0.2) is 6.20 Å². The van der Waals surface area contributed by atoms with Crippen LogP contribution in [0.2, 0.25) is 0 Å². The average Bonchev–Trinajstić information content (AvgIpc) is 2.77. The molecule has 21 heavy (non-hydrogen) atoms. The number of nitrogens with zero attached hydrogens (tertiary/aromatic N) is 2. The molecule has 1 N–H and O–H groups in total. The normalized spacial score (nSPS) is 14.8. The maximum Gasteiger partial charge on any atom is 0.327 e. The molecule has 0 saturated heterocycles. The first-order chi connectivity index (χ1) is 9.70. The lowest BCUT2D eigenvalue weighted by molar-refractivity contribution is -0.146. The van der Waals surface area contributed by atoms with Gasteiger partial charge in [-0.25, -0.2) is 4.79 Å².